The lowest BCUT2D eigenvalue weighted by atomic mass is 10.0. The van der Waals surface area contributed by atoms with Crippen LogP contribution in [0.5, 0.6) is 0 Å². The van der Waals surface area contributed by atoms with Gasteiger partial charge in [0.05, 0.1) is 0 Å². The molecular formula is C72H52N4O. The molecule has 1 heterocycles. The van der Waals surface area contributed by atoms with Gasteiger partial charge in [-0.2, -0.15) is 0 Å². The average Bonchev–Trinajstić information content (AvgIpc) is 3.87. The highest BCUT2D eigenvalue weighted by Crippen LogP contribution is 2.44. The Morgan fingerprint density at radius 3 is 0.636 bits per heavy atom. The van der Waals surface area contributed by atoms with Gasteiger partial charge in [0.1, 0.15) is 11.2 Å². The highest BCUT2D eigenvalue weighted by atomic mass is 16.3. The van der Waals surface area contributed by atoms with E-state index in [0.29, 0.717) is 0 Å². The summed E-state index contributed by atoms with van der Waals surface area (Å²) in [5.41, 5.74) is 19.2. The minimum absolute atomic E-state index is 0.832. The molecule has 0 aliphatic rings. The van der Waals surface area contributed by atoms with Crippen molar-refractivity contribution in [3.8, 4) is 22.3 Å². The Morgan fingerprint density at radius 2 is 0.364 bits per heavy atom. The van der Waals surface area contributed by atoms with Crippen molar-refractivity contribution in [1.82, 2.24) is 0 Å². The van der Waals surface area contributed by atoms with Crippen LogP contribution in [-0.2, 0) is 0 Å². The third kappa shape index (κ3) is 9.46. The van der Waals surface area contributed by atoms with Crippen molar-refractivity contribution in [1.29, 1.82) is 0 Å². The monoisotopic (exact) mass is 988 g/mol. The summed E-state index contributed by atoms with van der Waals surface area (Å²) in [6.07, 6.45) is 0. The van der Waals surface area contributed by atoms with Crippen molar-refractivity contribution < 1.29 is 4.42 Å². The molecule has 0 aliphatic carbocycles. The van der Waals surface area contributed by atoms with Gasteiger partial charge in [-0.15, -0.1) is 0 Å². The molecular weight excluding hydrogens is 937 g/mol. The molecule has 366 valence electrons. The van der Waals surface area contributed by atoms with Crippen molar-refractivity contribution >= 4 is 90.2 Å². The Morgan fingerprint density at radius 1 is 0.169 bits per heavy atom. The molecule has 0 radical (unpaired) electrons. The maximum Gasteiger partial charge on any atom is 0.135 e. The van der Waals surface area contributed by atoms with E-state index in [2.05, 4.69) is 335 Å². The number of hydrogen-bond acceptors (Lipinski definition) is 5. The number of hydrogen-bond donors (Lipinski definition) is 0. The fraction of sp³-hybridized carbons (Fsp3) is 0. The van der Waals surface area contributed by atoms with Crippen molar-refractivity contribution in [3.63, 3.8) is 0 Å². The summed E-state index contributed by atoms with van der Waals surface area (Å²) in [7, 11) is 0. The third-order valence-electron chi connectivity index (χ3n) is 14.2. The lowest BCUT2D eigenvalue weighted by molar-refractivity contribution is 0.669. The summed E-state index contributed by atoms with van der Waals surface area (Å²) >= 11 is 0. The summed E-state index contributed by atoms with van der Waals surface area (Å²) in [4.78, 5) is 9.24. The van der Waals surface area contributed by atoms with Crippen LogP contribution in [0, 0.1) is 0 Å². The van der Waals surface area contributed by atoms with Crippen molar-refractivity contribution in [2.75, 3.05) is 19.6 Å². The largest absolute Gasteiger partial charge is 0.456 e. The summed E-state index contributed by atoms with van der Waals surface area (Å²) in [5, 5.41) is 2.08. The molecule has 0 fully saturated rings. The van der Waals surface area contributed by atoms with E-state index in [9.17, 15) is 0 Å². The van der Waals surface area contributed by atoms with E-state index in [-0.39, 0.29) is 0 Å². The Hall–Kier alpha value is -10.4. The molecule has 13 aromatic rings. The molecule has 0 saturated carbocycles. The highest BCUT2D eigenvalue weighted by Gasteiger charge is 2.20. The lowest BCUT2D eigenvalue weighted by Crippen LogP contribution is -2.12. The van der Waals surface area contributed by atoms with Crippen LogP contribution in [0.3, 0.4) is 0 Å². The smallest absolute Gasteiger partial charge is 0.135 e. The second-order valence-electron chi connectivity index (χ2n) is 19.0. The van der Waals surface area contributed by atoms with Crippen LogP contribution in [0.15, 0.2) is 320 Å². The Bertz CT molecular complexity index is 4000. The molecule has 0 spiro atoms. The summed E-state index contributed by atoms with van der Waals surface area (Å²) in [6.45, 7) is 0. The number of anilines is 12. The van der Waals surface area contributed by atoms with Gasteiger partial charge in [-0.1, -0.05) is 158 Å². The first-order valence-electron chi connectivity index (χ1n) is 26.1. The van der Waals surface area contributed by atoms with Crippen molar-refractivity contribution in [2.24, 2.45) is 0 Å². The van der Waals surface area contributed by atoms with E-state index < -0.39 is 0 Å². The first kappa shape index (κ1) is 46.4. The van der Waals surface area contributed by atoms with Crippen LogP contribution < -0.4 is 19.6 Å². The van der Waals surface area contributed by atoms with Gasteiger partial charge in [0.15, 0.2) is 0 Å². The van der Waals surface area contributed by atoms with E-state index in [0.717, 1.165) is 101 Å². The number of benzene rings is 12. The minimum Gasteiger partial charge on any atom is -0.456 e. The number of furan rings is 1. The van der Waals surface area contributed by atoms with Crippen LogP contribution in [0.25, 0.3) is 44.2 Å². The van der Waals surface area contributed by atoms with Crippen molar-refractivity contribution in [3.05, 3.63) is 315 Å². The molecule has 12 aromatic carbocycles. The van der Waals surface area contributed by atoms with Gasteiger partial charge in [0.25, 0.3) is 0 Å². The zero-order valence-electron chi connectivity index (χ0n) is 42.2. The first-order valence-corrected chi connectivity index (χ1v) is 26.1. The molecule has 0 N–H and O–H groups in total. The fourth-order valence-corrected chi connectivity index (χ4v) is 10.5. The topological polar surface area (TPSA) is 26.1 Å². The fourth-order valence-electron chi connectivity index (χ4n) is 10.5. The van der Waals surface area contributed by atoms with Crippen LogP contribution in [0.2, 0.25) is 0 Å². The van der Waals surface area contributed by atoms with E-state index in [1.165, 1.54) is 11.1 Å². The highest BCUT2D eigenvalue weighted by molar-refractivity contribution is 6.08. The van der Waals surface area contributed by atoms with Crippen LogP contribution in [0.1, 0.15) is 0 Å². The summed E-state index contributed by atoms with van der Waals surface area (Å²) in [6, 6.07) is 112. The number of nitrogens with zero attached hydrogens (tertiary/aromatic N) is 4. The van der Waals surface area contributed by atoms with E-state index in [4.69, 9.17) is 4.42 Å². The second-order valence-corrected chi connectivity index (χ2v) is 19.0. The van der Waals surface area contributed by atoms with Gasteiger partial charge in [0, 0.05) is 79.0 Å². The van der Waals surface area contributed by atoms with Gasteiger partial charge in [-0.3, -0.25) is 0 Å². The van der Waals surface area contributed by atoms with Crippen molar-refractivity contribution in [2.45, 2.75) is 0 Å². The minimum atomic E-state index is 0.832. The predicted octanol–water partition coefficient (Wildman–Crippen LogP) is 20.8. The summed E-state index contributed by atoms with van der Waals surface area (Å²) < 4.78 is 6.60. The van der Waals surface area contributed by atoms with Gasteiger partial charge < -0.3 is 24.0 Å². The van der Waals surface area contributed by atoms with Gasteiger partial charge in [-0.25, -0.2) is 0 Å². The molecule has 5 nitrogen and oxygen atoms in total. The normalized spacial score (nSPS) is 11.1. The van der Waals surface area contributed by atoms with E-state index in [1.807, 2.05) is 0 Å². The van der Waals surface area contributed by atoms with Crippen LogP contribution in [0.4, 0.5) is 68.2 Å². The molecule has 0 aliphatic heterocycles. The van der Waals surface area contributed by atoms with Gasteiger partial charge in [-0.05, 0) is 180 Å². The molecule has 0 saturated heterocycles. The standard InChI is InChI=1S/C72H52N4O/c1-7-19-53(20-8-1)54-31-37-63(38-32-54)74(59-25-13-4-14-26-59)65-43-45-66(46-44-65)76(61-29-17-6-18-30-61)68-48-50-72-70(52-68)69-51-67(47-49-71(69)77-72)75(60-27-15-5-16-28-60)64-41-35-56(36-42-64)55-33-39-62(40-34-55)73(57-21-9-2-10-22-57)58-23-11-3-12-24-58/h1-52H. The second kappa shape index (κ2) is 20.9. The molecule has 0 unspecified atom stereocenters. The molecule has 1 aromatic heterocycles. The molecule has 0 atom stereocenters. The number of para-hydroxylation sites is 5. The van der Waals surface area contributed by atoms with Crippen LogP contribution >= 0.6 is 0 Å². The summed E-state index contributed by atoms with van der Waals surface area (Å²) in [5.74, 6) is 0. The zero-order valence-corrected chi connectivity index (χ0v) is 42.2. The Kier molecular flexibility index (Phi) is 12.6. The SMILES string of the molecule is c1ccc(-c2ccc(N(c3ccccc3)c3ccc(N(c4ccccc4)c4ccc5oc6ccc(N(c7ccccc7)c7ccc(-c8ccc(N(c9ccccc9)c9ccccc9)cc8)cc7)cc6c5c4)cc3)cc2)cc1. The lowest BCUT2D eigenvalue weighted by Gasteiger charge is -2.28. The third-order valence-corrected chi connectivity index (χ3v) is 14.2. The van der Waals surface area contributed by atoms with E-state index >= 15 is 0 Å². The quantitative estimate of drug-likeness (QED) is 0.108. The molecule has 0 amide bonds. The first-order chi connectivity index (χ1) is 38.2. The number of rotatable bonds is 14. The Balaban J connectivity index is 0.830. The molecule has 0 bridgehead atoms. The molecule has 77 heavy (non-hydrogen) atoms. The number of fused-ring (bicyclic) bond motifs is 3. The van der Waals surface area contributed by atoms with Gasteiger partial charge >= 0.3 is 0 Å². The average molecular weight is 989 g/mol. The van der Waals surface area contributed by atoms with Crippen LogP contribution in [-0.4, -0.2) is 0 Å². The van der Waals surface area contributed by atoms with E-state index in [1.54, 1.807) is 0 Å². The maximum absolute atomic E-state index is 6.60. The molecule has 13 rings (SSSR count). The predicted molar refractivity (Wildman–Crippen MR) is 323 cm³/mol. The molecule has 5 heteroatoms. The maximum atomic E-state index is 6.60. The zero-order chi connectivity index (χ0) is 51.3. The Labute approximate surface area is 449 Å². The van der Waals surface area contributed by atoms with Gasteiger partial charge in [0.2, 0.25) is 0 Å².